The second-order valence-electron chi connectivity index (χ2n) is 11.5. The number of nitrogens with zero attached hydrogens (tertiary/aromatic N) is 3. The maximum atomic E-state index is 11.9. The molecule has 2 amide bonds. The van der Waals surface area contributed by atoms with Gasteiger partial charge in [0.1, 0.15) is 24.3 Å². The number of hydrogen-bond acceptors (Lipinski definition) is 11. The molecular formula is C31H52Cl2N6O7. The molecule has 1 heterocycles. The SMILES string of the molecule is CN(CCOCCNC(=O)OC(C)(C)C)CCOCCOCC=O.CNCCCC(=O)NC1=NN(c2ccc(Cl)c(Cl)c2)CC1C. The third-order valence-electron chi connectivity index (χ3n) is 6.15. The second kappa shape index (κ2) is 23.7. The number of ether oxygens (including phenoxy) is 4. The van der Waals surface area contributed by atoms with Crippen molar-refractivity contribution in [1.29, 1.82) is 0 Å². The quantitative estimate of drug-likeness (QED) is 0.146. The van der Waals surface area contributed by atoms with Crippen molar-refractivity contribution in [2.75, 3.05) is 91.5 Å². The maximum Gasteiger partial charge on any atom is 0.407 e. The smallest absolute Gasteiger partial charge is 0.407 e. The molecule has 0 aromatic heterocycles. The first-order valence-corrected chi connectivity index (χ1v) is 16.2. The minimum absolute atomic E-state index is 0.00293. The molecule has 0 bridgehead atoms. The Balaban J connectivity index is 0.000000461. The summed E-state index contributed by atoms with van der Waals surface area (Å²) < 4.78 is 20.9. The monoisotopic (exact) mass is 690 g/mol. The number of anilines is 1. The van der Waals surface area contributed by atoms with E-state index < -0.39 is 11.7 Å². The first kappa shape index (κ1) is 41.5. The number of aldehydes is 1. The van der Waals surface area contributed by atoms with Gasteiger partial charge in [-0.3, -0.25) is 9.80 Å². The Hall–Kier alpha value is -2.52. The fourth-order valence-electron chi connectivity index (χ4n) is 3.75. The fraction of sp³-hybridized carbons (Fsp3) is 0.677. The van der Waals surface area contributed by atoms with Crippen LogP contribution >= 0.6 is 23.2 Å². The van der Waals surface area contributed by atoms with Crippen LogP contribution in [0.15, 0.2) is 23.3 Å². The minimum atomic E-state index is -0.490. The molecule has 1 aliphatic rings. The number of rotatable bonds is 19. The van der Waals surface area contributed by atoms with Gasteiger partial charge in [-0.15, -0.1) is 0 Å². The average molecular weight is 692 g/mol. The zero-order valence-corrected chi connectivity index (χ0v) is 29.5. The first-order chi connectivity index (χ1) is 21.9. The molecule has 1 aromatic carbocycles. The van der Waals surface area contributed by atoms with E-state index >= 15 is 0 Å². The highest BCUT2D eigenvalue weighted by Gasteiger charge is 2.25. The van der Waals surface area contributed by atoms with Crippen LogP contribution in [0.3, 0.4) is 0 Å². The lowest BCUT2D eigenvalue weighted by molar-refractivity contribution is -0.119. The van der Waals surface area contributed by atoms with Crippen LogP contribution in [0.2, 0.25) is 10.0 Å². The van der Waals surface area contributed by atoms with Crippen LogP contribution in [0.1, 0.15) is 40.5 Å². The zero-order valence-electron chi connectivity index (χ0n) is 28.0. The molecule has 2 rings (SSSR count). The van der Waals surface area contributed by atoms with E-state index in [1.807, 2.05) is 52.9 Å². The molecule has 0 saturated carbocycles. The Morgan fingerprint density at radius 1 is 1.04 bits per heavy atom. The molecular weight excluding hydrogens is 639 g/mol. The second-order valence-corrected chi connectivity index (χ2v) is 12.3. The summed E-state index contributed by atoms with van der Waals surface area (Å²) in [5.74, 6) is 0.847. The van der Waals surface area contributed by atoms with Crippen LogP contribution in [-0.2, 0) is 28.5 Å². The van der Waals surface area contributed by atoms with Gasteiger partial charge in [0.25, 0.3) is 0 Å². The molecule has 13 nitrogen and oxygen atoms in total. The van der Waals surface area contributed by atoms with Gasteiger partial charge in [-0.2, -0.15) is 5.10 Å². The number of carbonyl (C=O) groups is 3. The third kappa shape index (κ3) is 19.9. The summed E-state index contributed by atoms with van der Waals surface area (Å²) >= 11 is 12.0. The van der Waals surface area contributed by atoms with Gasteiger partial charge >= 0.3 is 6.09 Å². The Morgan fingerprint density at radius 2 is 1.72 bits per heavy atom. The van der Waals surface area contributed by atoms with E-state index in [4.69, 9.17) is 42.1 Å². The summed E-state index contributed by atoms with van der Waals surface area (Å²) in [6, 6.07) is 5.38. The number of alkyl carbamates (subject to hydrolysis) is 1. The molecule has 0 spiro atoms. The molecule has 0 saturated heterocycles. The van der Waals surface area contributed by atoms with Gasteiger partial charge in [-0.05, 0) is 66.0 Å². The highest BCUT2D eigenvalue weighted by molar-refractivity contribution is 6.42. The summed E-state index contributed by atoms with van der Waals surface area (Å²) in [5.41, 5.74) is 0.372. The summed E-state index contributed by atoms with van der Waals surface area (Å²) in [7, 11) is 3.85. The zero-order chi connectivity index (χ0) is 34.4. The lowest BCUT2D eigenvalue weighted by Gasteiger charge is -2.20. The van der Waals surface area contributed by atoms with E-state index in [2.05, 4.69) is 26.0 Å². The number of carbonyl (C=O) groups excluding carboxylic acids is 3. The lowest BCUT2D eigenvalue weighted by Crippen LogP contribution is -2.34. The number of hydrogen-bond donors (Lipinski definition) is 3. The van der Waals surface area contributed by atoms with Crippen molar-refractivity contribution in [3.05, 3.63) is 28.2 Å². The molecule has 0 radical (unpaired) electrons. The first-order valence-electron chi connectivity index (χ1n) is 15.4. The molecule has 1 unspecified atom stereocenters. The van der Waals surface area contributed by atoms with E-state index in [0.717, 1.165) is 38.0 Å². The Morgan fingerprint density at radius 3 is 2.35 bits per heavy atom. The topological polar surface area (TPSA) is 143 Å². The Labute approximate surface area is 283 Å². The number of likely N-dealkylation sites (N-methyl/N-ethyl adjacent to an activating group) is 1. The normalized spacial score (nSPS) is 14.4. The van der Waals surface area contributed by atoms with Crippen LogP contribution in [0.4, 0.5) is 10.5 Å². The van der Waals surface area contributed by atoms with Crippen molar-refractivity contribution in [3.63, 3.8) is 0 Å². The number of nitrogens with one attached hydrogen (secondary N) is 3. The summed E-state index contributed by atoms with van der Waals surface area (Å²) in [4.78, 5) is 35.4. The molecule has 262 valence electrons. The van der Waals surface area contributed by atoms with Crippen molar-refractivity contribution < 1.29 is 33.3 Å². The minimum Gasteiger partial charge on any atom is -0.444 e. The largest absolute Gasteiger partial charge is 0.444 e. The summed E-state index contributed by atoms with van der Waals surface area (Å²) in [6.45, 7) is 13.6. The van der Waals surface area contributed by atoms with Gasteiger partial charge in [0.05, 0.1) is 55.3 Å². The van der Waals surface area contributed by atoms with E-state index in [-0.39, 0.29) is 18.4 Å². The van der Waals surface area contributed by atoms with Crippen molar-refractivity contribution >= 4 is 53.0 Å². The van der Waals surface area contributed by atoms with Crippen molar-refractivity contribution in [3.8, 4) is 0 Å². The number of halogens is 2. The van der Waals surface area contributed by atoms with Crippen LogP contribution in [-0.4, -0.2) is 121 Å². The summed E-state index contributed by atoms with van der Waals surface area (Å²) in [6.07, 6.45) is 1.58. The molecule has 3 N–H and O–H groups in total. The average Bonchev–Trinajstić information content (AvgIpc) is 3.35. The Kier molecular flexibility index (Phi) is 21.4. The lowest BCUT2D eigenvalue weighted by atomic mass is 10.1. The van der Waals surface area contributed by atoms with Gasteiger partial charge < -0.3 is 44.6 Å². The summed E-state index contributed by atoms with van der Waals surface area (Å²) in [5, 5.41) is 15.9. The van der Waals surface area contributed by atoms with Crippen LogP contribution in [0.5, 0.6) is 0 Å². The number of amidine groups is 1. The van der Waals surface area contributed by atoms with Crippen molar-refractivity contribution in [2.45, 2.75) is 46.1 Å². The predicted octanol–water partition coefficient (Wildman–Crippen LogP) is 3.57. The predicted molar refractivity (Wildman–Crippen MR) is 182 cm³/mol. The molecule has 15 heteroatoms. The molecule has 0 fully saturated rings. The van der Waals surface area contributed by atoms with E-state index in [1.54, 1.807) is 12.1 Å². The van der Waals surface area contributed by atoms with Gasteiger partial charge in [-0.1, -0.05) is 30.1 Å². The van der Waals surface area contributed by atoms with Crippen LogP contribution in [0.25, 0.3) is 0 Å². The number of hydrazone groups is 1. The highest BCUT2D eigenvalue weighted by atomic mass is 35.5. The van der Waals surface area contributed by atoms with Crippen LogP contribution in [0, 0.1) is 5.92 Å². The molecule has 1 atom stereocenters. The van der Waals surface area contributed by atoms with E-state index in [1.165, 1.54) is 0 Å². The van der Waals surface area contributed by atoms with Gasteiger partial charge in [0.2, 0.25) is 5.91 Å². The van der Waals surface area contributed by atoms with Gasteiger partial charge in [0, 0.05) is 32.0 Å². The van der Waals surface area contributed by atoms with Gasteiger partial charge in [-0.25, -0.2) is 4.79 Å². The molecule has 0 aliphatic carbocycles. The maximum absolute atomic E-state index is 11.9. The number of benzene rings is 1. The van der Waals surface area contributed by atoms with Gasteiger partial charge in [0.15, 0.2) is 0 Å². The van der Waals surface area contributed by atoms with Crippen LogP contribution < -0.4 is 21.0 Å². The van der Waals surface area contributed by atoms with Crippen molar-refractivity contribution in [2.24, 2.45) is 11.0 Å². The Bertz CT molecular complexity index is 1070. The van der Waals surface area contributed by atoms with E-state index in [9.17, 15) is 14.4 Å². The third-order valence-corrected chi connectivity index (χ3v) is 6.89. The molecule has 1 aromatic rings. The standard InChI is InChI=1S/C16H32N2O6.C15H20Cl2N4O/c1-16(2,3)24-15(20)17-5-9-21-10-6-18(4)7-11-22-13-14-23-12-8-19;1-10-9-21(11-5-6-12(16)13(17)8-11)20-15(10)19-14(22)4-3-7-18-2/h8H,5-7,9-14H2,1-4H3,(H,17,20);5-6,8,10,18H,3-4,7,9H2,1-2H3,(H,19,20,22). The van der Waals surface area contributed by atoms with E-state index in [0.29, 0.717) is 68.4 Å². The molecule has 46 heavy (non-hydrogen) atoms. The highest BCUT2D eigenvalue weighted by Crippen LogP contribution is 2.29. The number of amides is 2. The fourth-order valence-corrected chi connectivity index (χ4v) is 4.04. The van der Waals surface area contributed by atoms with Crippen molar-refractivity contribution in [1.82, 2.24) is 20.9 Å². The molecule has 1 aliphatic heterocycles.